The van der Waals surface area contributed by atoms with Gasteiger partial charge in [0, 0.05) is 36.1 Å². The van der Waals surface area contributed by atoms with Crippen LogP contribution in [0.4, 0.5) is 18.9 Å². The summed E-state index contributed by atoms with van der Waals surface area (Å²) in [7, 11) is 0. The van der Waals surface area contributed by atoms with Crippen molar-refractivity contribution in [2.45, 2.75) is 60.1 Å². The molecule has 186 valence electrons. The van der Waals surface area contributed by atoms with E-state index < -0.39 is 17.8 Å². The molecule has 1 aliphatic heterocycles. The zero-order valence-electron chi connectivity index (χ0n) is 20.3. The summed E-state index contributed by atoms with van der Waals surface area (Å²) in [6.07, 6.45) is -1.73. The van der Waals surface area contributed by atoms with Gasteiger partial charge in [0.15, 0.2) is 5.69 Å². The normalized spacial score (nSPS) is 16.1. The van der Waals surface area contributed by atoms with Crippen molar-refractivity contribution in [1.29, 1.82) is 0 Å². The first kappa shape index (κ1) is 25.8. The number of aromatic nitrogens is 2. The number of rotatable bonds is 7. The van der Waals surface area contributed by atoms with Crippen molar-refractivity contribution in [3.8, 4) is 17.0 Å². The van der Waals surface area contributed by atoms with Crippen LogP contribution in [0.3, 0.4) is 0 Å². The molecule has 0 radical (unpaired) electrons. The first-order valence-electron chi connectivity index (χ1n) is 11.4. The number of alkyl halides is 3. The lowest BCUT2D eigenvalue weighted by Crippen LogP contribution is -2.38. The van der Waals surface area contributed by atoms with E-state index in [1.807, 2.05) is 13.8 Å². The lowest BCUT2D eigenvalue weighted by molar-refractivity contribution is -0.142. The van der Waals surface area contributed by atoms with Crippen LogP contribution in [0.5, 0.6) is 5.75 Å². The molecule has 2 aromatic rings. The van der Waals surface area contributed by atoms with Gasteiger partial charge in [-0.1, -0.05) is 27.7 Å². The van der Waals surface area contributed by atoms with E-state index in [4.69, 9.17) is 4.74 Å². The molecule has 0 aliphatic carbocycles. The van der Waals surface area contributed by atoms with Gasteiger partial charge < -0.3 is 14.7 Å². The number of aliphatic carboxylic acids is 1. The standard InChI is InChI=1S/C25H32F3N3O3/c1-15(2)14-34-20-7-6-19(30-23(20)25(26,27)28)18-13-29-16(3)17(12-21(32)33)22(18)31-10-8-24(4,5)9-11-31/h6-7,13,15H,8-12,14H2,1-5H3,(H,32,33). The average Bonchev–Trinajstić information content (AvgIpc) is 2.73. The lowest BCUT2D eigenvalue weighted by Gasteiger charge is -2.40. The van der Waals surface area contributed by atoms with Gasteiger partial charge in [-0.25, -0.2) is 4.98 Å². The van der Waals surface area contributed by atoms with E-state index in [2.05, 4.69) is 28.7 Å². The number of halogens is 3. The fourth-order valence-corrected chi connectivity index (χ4v) is 4.05. The molecule has 6 nitrogen and oxygen atoms in total. The van der Waals surface area contributed by atoms with Crippen LogP contribution in [0.1, 0.15) is 57.5 Å². The molecule has 3 heterocycles. The van der Waals surface area contributed by atoms with Crippen LogP contribution in [-0.4, -0.2) is 40.7 Å². The molecule has 0 atom stereocenters. The van der Waals surface area contributed by atoms with Gasteiger partial charge in [0.2, 0.25) is 0 Å². The van der Waals surface area contributed by atoms with Crippen molar-refractivity contribution < 1.29 is 27.8 Å². The monoisotopic (exact) mass is 479 g/mol. The van der Waals surface area contributed by atoms with Crippen LogP contribution < -0.4 is 9.64 Å². The predicted molar refractivity (Wildman–Crippen MR) is 124 cm³/mol. The zero-order chi connectivity index (χ0) is 25.3. The van der Waals surface area contributed by atoms with Gasteiger partial charge in [-0.05, 0) is 43.2 Å². The largest absolute Gasteiger partial charge is 0.491 e. The highest BCUT2D eigenvalue weighted by molar-refractivity contribution is 5.83. The van der Waals surface area contributed by atoms with Gasteiger partial charge in [-0.2, -0.15) is 13.2 Å². The molecule has 0 unspecified atom stereocenters. The highest BCUT2D eigenvalue weighted by Gasteiger charge is 2.38. The summed E-state index contributed by atoms with van der Waals surface area (Å²) in [5.74, 6) is -1.30. The molecule has 3 rings (SSSR count). The first-order chi connectivity index (χ1) is 15.8. The van der Waals surface area contributed by atoms with Gasteiger partial charge in [0.25, 0.3) is 0 Å². The molecule has 9 heteroatoms. The molecular formula is C25H32F3N3O3. The van der Waals surface area contributed by atoms with Gasteiger partial charge >= 0.3 is 12.1 Å². The van der Waals surface area contributed by atoms with Gasteiger partial charge in [-0.3, -0.25) is 9.78 Å². The number of piperidine rings is 1. The van der Waals surface area contributed by atoms with Crippen molar-refractivity contribution in [2.24, 2.45) is 11.3 Å². The third-order valence-electron chi connectivity index (χ3n) is 6.10. The maximum absolute atomic E-state index is 13.9. The Kier molecular flexibility index (Phi) is 7.43. The Hall–Kier alpha value is -2.84. The van der Waals surface area contributed by atoms with E-state index in [-0.39, 0.29) is 35.8 Å². The van der Waals surface area contributed by atoms with Crippen LogP contribution in [0.25, 0.3) is 11.3 Å². The van der Waals surface area contributed by atoms with E-state index in [0.29, 0.717) is 35.6 Å². The molecule has 1 saturated heterocycles. The Morgan fingerprint density at radius 2 is 1.88 bits per heavy atom. The van der Waals surface area contributed by atoms with Crippen LogP contribution in [0.2, 0.25) is 0 Å². The summed E-state index contributed by atoms with van der Waals surface area (Å²) in [6, 6.07) is 2.77. The Morgan fingerprint density at radius 1 is 1.24 bits per heavy atom. The molecule has 34 heavy (non-hydrogen) atoms. The van der Waals surface area contributed by atoms with E-state index in [1.54, 1.807) is 6.92 Å². The van der Waals surface area contributed by atoms with Crippen molar-refractivity contribution in [3.63, 3.8) is 0 Å². The Bertz CT molecular complexity index is 1040. The zero-order valence-corrected chi connectivity index (χ0v) is 20.3. The van der Waals surface area contributed by atoms with Crippen molar-refractivity contribution in [3.05, 3.63) is 35.3 Å². The molecule has 1 aliphatic rings. The number of hydrogen-bond donors (Lipinski definition) is 1. The van der Waals surface area contributed by atoms with Gasteiger partial charge in [0.1, 0.15) is 5.75 Å². The molecule has 0 saturated carbocycles. The quantitative estimate of drug-likeness (QED) is 0.544. The third-order valence-corrected chi connectivity index (χ3v) is 6.10. The highest BCUT2D eigenvalue weighted by atomic mass is 19.4. The smallest absolute Gasteiger partial charge is 0.437 e. The van der Waals surface area contributed by atoms with Crippen LogP contribution in [0.15, 0.2) is 18.3 Å². The van der Waals surface area contributed by atoms with Crippen molar-refractivity contribution >= 4 is 11.7 Å². The number of pyridine rings is 2. The van der Waals surface area contributed by atoms with E-state index in [0.717, 1.165) is 12.8 Å². The van der Waals surface area contributed by atoms with Crippen molar-refractivity contribution in [2.75, 3.05) is 24.6 Å². The SMILES string of the molecule is Cc1ncc(-c2ccc(OCC(C)C)c(C(F)(F)F)n2)c(N2CCC(C)(C)CC2)c1CC(=O)O. The number of carboxylic acid groups (broad SMARTS) is 1. The average molecular weight is 480 g/mol. The summed E-state index contributed by atoms with van der Waals surface area (Å²) < 4.78 is 47.0. The summed E-state index contributed by atoms with van der Waals surface area (Å²) in [4.78, 5) is 22.0. The third kappa shape index (κ3) is 5.98. The number of nitrogens with zero attached hydrogens (tertiary/aromatic N) is 3. The second-order valence-electron chi connectivity index (χ2n) is 10.1. The van der Waals surface area contributed by atoms with Gasteiger partial charge in [0.05, 0.1) is 24.4 Å². The van der Waals surface area contributed by atoms with Gasteiger partial charge in [-0.15, -0.1) is 0 Å². The number of carbonyl (C=O) groups is 1. The Labute approximate surface area is 198 Å². The summed E-state index contributed by atoms with van der Waals surface area (Å²) in [5, 5.41) is 9.52. The first-order valence-corrected chi connectivity index (χ1v) is 11.4. The molecule has 0 spiro atoms. The minimum Gasteiger partial charge on any atom is -0.491 e. The molecule has 0 amide bonds. The predicted octanol–water partition coefficient (Wildman–Crippen LogP) is 5.76. The summed E-state index contributed by atoms with van der Waals surface area (Å²) >= 11 is 0. The lowest BCUT2D eigenvalue weighted by atomic mass is 9.82. The highest BCUT2D eigenvalue weighted by Crippen LogP contribution is 2.42. The molecule has 0 aromatic carbocycles. The van der Waals surface area contributed by atoms with Crippen molar-refractivity contribution in [1.82, 2.24) is 9.97 Å². The molecular weight excluding hydrogens is 447 g/mol. The van der Waals surface area contributed by atoms with E-state index >= 15 is 0 Å². The maximum atomic E-state index is 13.9. The van der Waals surface area contributed by atoms with Crippen LogP contribution in [-0.2, 0) is 17.4 Å². The second-order valence-corrected chi connectivity index (χ2v) is 10.1. The molecule has 2 aromatic heterocycles. The number of carboxylic acids is 1. The van der Waals surface area contributed by atoms with E-state index in [9.17, 15) is 23.1 Å². The van der Waals surface area contributed by atoms with Crippen LogP contribution in [0, 0.1) is 18.3 Å². The molecule has 1 fully saturated rings. The molecule has 1 N–H and O–H groups in total. The fraction of sp³-hybridized carbons (Fsp3) is 0.560. The minimum absolute atomic E-state index is 0.0515. The number of aryl methyl sites for hydroxylation is 1. The number of ether oxygens (including phenoxy) is 1. The number of anilines is 1. The minimum atomic E-state index is -4.71. The maximum Gasteiger partial charge on any atom is 0.437 e. The van der Waals surface area contributed by atoms with Crippen LogP contribution >= 0.6 is 0 Å². The molecule has 0 bridgehead atoms. The Balaban J connectivity index is 2.16. The second kappa shape index (κ2) is 9.80. The Morgan fingerprint density at radius 3 is 2.44 bits per heavy atom. The topological polar surface area (TPSA) is 75.6 Å². The fourth-order valence-electron chi connectivity index (χ4n) is 4.05. The number of hydrogen-bond acceptors (Lipinski definition) is 5. The van der Waals surface area contributed by atoms with E-state index in [1.165, 1.54) is 18.3 Å². The summed E-state index contributed by atoms with van der Waals surface area (Å²) in [6.45, 7) is 11.2. The summed E-state index contributed by atoms with van der Waals surface area (Å²) in [5.41, 5.74) is 1.16.